The Labute approximate surface area is 150 Å². The summed E-state index contributed by atoms with van der Waals surface area (Å²) in [6, 6.07) is 22.2. The number of hydrogen-bond donors (Lipinski definition) is 1. The van der Waals surface area contributed by atoms with Crippen molar-refractivity contribution in [2.24, 2.45) is 0 Å². The second-order valence-electron chi connectivity index (χ2n) is 5.62. The molecule has 4 aromatic rings. The first kappa shape index (κ1) is 15.6. The maximum atomic E-state index is 5.78. The molecule has 124 valence electrons. The van der Waals surface area contributed by atoms with Crippen molar-refractivity contribution in [3.8, 4) is 5.88 Å². The summed E-state index contributed by atoms with van der Waals surface area (Å²) in [6.07, 6.45) is 1.77. The molecule has 0 saturated heterocycles. The van der Waals surface area contributed by atoms with E-state index in [1.165, 1.54) is 4.70 Å². The highest BCUT2D eigenvalue weighted by Crippen LogP contribution is 2.25. The van der Waals surface area contributed by atoms with E-state index in [9.17, 15) is 0 Å². The molecule has 1 N–H and O–H groups in total. The number of rotatable bonds is 6. The Morgan fingerprint density at radius 3 is 2.64 bits per heavy atom. The average molecular weight is 347 g/mol. The smallest absolute Gasteiger partial charge is 0.213 e. The number of aromatic nitrogens is 2. The van der Waals surface area contributed by atoms with Crippen LogP contribution in [-0.2, 0) is 13.2 Å². The van der Waals surface area contributed by atoms with Crippen LogP contribution in [0.4, 0.5) is 5.13 Å². The summed E-state index contributed by atoms with van der Waals surface area (Å²) in [5, 5.41) is 4.30. The topological polar surface area (TPSA) is 47.0 Å². The van der Waals surface area contributed by atoms with E-state index >= 15 is 0 Å². The fourth-order valence-electron chi connectivity index (χ4n) is 2.50. The Morgan fingerprint density at radius 1 is 0.920 bits per heavy atom. The van der Waals surface area contributed by atoms with Gasteiger partial charge in [0.15, 0.2) is 5.13 Å². The lowest BCUT2D eigenvalue weighted by atomic mass is 10.2. The Balaban J connectivity index is 1.39. The first-order valence-corrected chi connectivity index (χ1v) is 8.89. The van der Waals surface area contributed by atoms with Crippen molar-refractivity contribution in [1.29, 1.82) is 0 Å². The molecule has 0 unspecified atom stereocenters. The van der Waals surface area contributed by atoms with Gasteiger partial charge in [0.25, 0.3) is 0 Å². The van der Waals surface area contributed by atoms with Crippen molar-refractivity contribution in [1.82, 2.24) is 9.97 Å². The van der Waals surface area contributed by atoms with E-state index < -0.39 is 0 Å². The maximum absolute atomic E-state index is 5.78. The number of ether oxygens (including phenoxy) is 1. The van der Waals surface area contributed by atoms with E-state index in [0.29, 0.717) is 19.0 Å². The number of benzene rings is 2. The van der Waals surface area contributed by atoms with Gasteiger partial charge in [0.05, 0.1) is 10.2 Å². The third-order valence-corrected chi connectivity index (χ3v) is 4.76. The molecule has 0 radical (unpaired) electrons. The molecular weight excluding hydrogens is 330 g/mol. The van der Waals surface area contributed by atoms with Crippen LogP contribution in [0.1, 0.15) is 11.1 Å². The molecular formula is C20H17N3OS. The molecule has 2 heterocycles. The zero-order valence-electron chi connectivity index (χ0n) is 13.6. The van der Waals surface area contributed by atoms with Gasteiger partial charge >= 0.3 is 0 Å². The molecule has 4 nitrogen and oxygen atoms in total. The first-order valence-electron chi connectivity index (χ1n) is 8.08. The van der Waals surface area contributed by atoms with Crippen molar-refractivity contribution in [3.63, 3.8) is 0 Å². The molecule has 4 rings (SSSR count). The van der Waals surface area contributed by atoms with Gasteiger partial charge in [-0.3, -0.25) is 0 Å². The van der Waals surface area contributed by atoms with Gasteiger partial charge in [0, 0.05) is 18.8 Å². The summed E-state index contributed by atoms with van der Waals surface area (Å²) in [5.74, 6) is 0.632. The van der Waals surface area contributed by atoms with Crippen LogP contribution in [0.15, 0.2) is 72.9 Å². The third kappa shape index (κ3) is 3.95. The van der Waals surface area contributed by atoms with Crippen LogP contribution < -0.4 is 10.1 Å². The zero-order valence-corrected chi connectivity index (χ0v) is 14.4. The Morgan fingerprint density at radius 2 is 1.76 bits per heavy atom. The standard InChI is InChI=1S/C20H17N3OS/c1-2-6-15(7-3-1)14-24-19-12-16(10-11-21-19)13-22-20-23-17-8-4-5-9-18(17)25-20/h1-12H,13-14H2,(H,22,23). The van der Waals surface area contributed by atoms with Crippen LogP contribution in [-0.4, -0.2) is 9.97 Å². The lowest BCUT2D eigenvalue weighted by Gasteiger charge is -2.07. The summed E-state index contributed by atoms with van der Waals surface area (Å²) in [6.45, 7) is 1.20. The van der Waals surface area contributed by atoms with E-state index in [1.54, 1.807) is 17.5 Å². The molecule has 0 aliphatic rings. The third-order valence-electron chi connectivity index (χ3n) is 3.77. The molecule has 25 heavy (non-hydrogen) atoms. The molecule has 2 aromatic heterocycles. The number of thiazole rings is 1. The van der Waals surface area contributed by atoms with Crippen LogP contribution >= 0.6 is 11.3 Å². The summed E-state index contributed by atoms with van der Waals surface area (Å²) >= 11 is 1.66. The van der Waals surface area contributed by atoms with Gasteiger partial charge in [-0.1, -0.05) is 53.8 Å². The van der Waals surface area contributed by atoms with Crippen molar-refractivity contribution < 1.29 is 4.74 Å². The van der Waals surface area contributed by atoms with E-state index in [-0.39, 0.29) is 0 Å². The Bertz CT molecular complexity index is 936. The highest BCUT2D eigenvalue weighted by molar-refractivity contribution is 7.22. The quantitative estimate of drug-likeness (QED) is 0.540. The summed E-state index contributed by atoms with van der Waals surface area (Å²) in [4.78, 5) is 8.87. The van der Waals surface area contributed by atoms with Crippen molar-refractivity contribution >= 4 is 26.7 Å². The fraction of sp³-hybridized carbons (Fsp3) is 0.100. The van der Waals surface area contributed by atoms with E-state index in [2.05, 4.69) is 21.4 Å². The highest BCUT2D eigenvalue weighted by Gasteiger charge is 2.04. The van der Waals surface area contributed by atoms with Crippen LogP contribution in [0, 0.1) is 0 Å². The number of para-hydroxylation sites is 1. The molecule has 0 atom stereocenters. The van der Waals surface area contributed by atoms with Crippen molar-refractivity contribution in [2.75, 3.05) is 5.32 Å². The second kappa shape index (κ2) is 7.32. The molecule has 0 amide bonds. The van der Waals surface area contributed by atoms with Crippen LogP contribution in [0.3, 0.4) is 0 Å². The lowest BCUT2D eigenvalue weighted by molar-refractivity contribution is 0.293. The predicted octanol–water partition coefficient (Wildman–Crippen LogP) is 4.88. The molecule has 5 heteroatoms. The summed E-state index contributed by atoms with van der Waals surface area (Å²) in [5.41, 5.74) is 3.26. The van der Waals surface area contributed by atoms with Gasteiger partial charge < -0.3 is 10.1 Å². The minimum atomic E-state index is 0.516. The van der Waals surface area contributed by atoms with Crippen molar-refractivity contribution in [3.05, 3.63) is 84.1 Å². The van der Waals surface area contributed by atoms with Crippen LogP contribution in [0.25, 0.3) is 10.2 Å². The predicted molar refractivity (Wildman–Crippen MR) is 102 cm³/mol. The molecule has 0 bridgehead atoms. The molecule has 0 saturated carbocycles. The maximum Gasteiger partial charge on any atom is 0.213 e. The summed E-state index contributed by atoms with van der Waals surface area (Å²) < 4.78 is 6.97. The minimum absolute atomic E-state index is 0.516. The zero-order chi connectivity index (χ0) is 16.9. The molecule has 0 fully saturated rings. The van der Waals surface area contributed by atoms with Gasteiger partial charge in [-0.15, -0.1) is 0 Å². The van der Waals surface area contributed by atoms with Gasteiger partial charge in [0.1, 0.15) is 6.61 Å². The molecule has 0 aliphatic carbocycles. The van der Waals surface area contributed by atoms with Gasteiger partial charge in [0.2, 0.25) is 5.88 Å². The Kier molecular flexibility index (Phi) is 4.57. The second-order valence-corrected chi connectivity index (χ2v) is 6.65. The van der Waals surface area contributed by atoms with E-state index in [4.69, 9.17) is 4.74 Å². The average Bonchev–Trinajstić information content (AvgIpc) is 3.09. The van der Waals surface area contributed by atoms with Crippen LogP contribution in [0.5, 0.6) is 5.88 Å². The van der Waals surface area contributed by atoms with Gasteiger partial charge in [-0.05, 0) is 29.3 Å². The SMILES string of the molecule is c1ccc(COc2cc(CNc3nc4ccccc4s3)ccn2)cc1. The van der Waals surface area contributed by atoms with E-state index in [0.717, 1.165) is 21.8 Å². The van der Waals surface area contributed by atoms with Gasteiger partial charge in [-0.25, -0.2) is 9.97 Å². The number of anilines is 1. The number of nitrogens with one attached hydrogen (secondary N) is 1. The fourth-order valence-corrected chi connectivity index (χ4v) is 3.36. The van der Waals surface area contributed by atoms with Crippen molar-refractivity contribution in [2.45, 2.75) is 13.2 Å². The molecule has 2 aromatic carbocycles. The number of hydrogen-bond acceptors (Lipinski definition) is 5. The normalized spacial score (nSPS) is 10.7. The van der Waals surface area contributed by atoms with Crippen LogP contribution in [0.2, 0.25) is 0 Å². The molecule has 0 spiro atoms. The molecule has 0 aliphatic heterocycles. The summed E-state index contributed by atoms with van der Waals surface area (Å²) in [7, 11) is 0. The lowest BCUT2D eigenvalue weighted by Crippen LogP contribution is -2.01. The highest BCUT2D eigenvalue weighted by atomic mass is 32.1. The largest absolute Gasteiger partial charge is 0.473 e. The minimum Gasteiger partial charge on any atom is -0.473 e. The number of pyridine rings is 1. The number of nitrogens with zero attached hydrogens (tertiary/aromatic N) is 2. The van der Waals surface area contributed by atoms with Gasteiger partial charge in [-0.2, -0.15) is 0 Å². The monoisotopic (exact) mass is 347 g/mol. The van der Waals surface area contributed by atoms with E-state index in [1.807, 2.05) is 60.7 Å². The first-order chi connectivity index (χ1) is 12.4. The number of fused-ring (bicyclic) bond motifs is 1. The Hall–Kier alpha value is -2.92.